The number of esters is 2. The van der Waals surface area contributed by atoms with E-state index in [-0.39, 0.29) is 32.0 Å². The lowest BCUT2D eigenvalue weighted by Crippen LogP contribution is -2.37. The Morgan fingerprint density at radius 3 is 1.04 bits per heavy atom. The number of carbonyl (C=O) groups is 2. The molecule has 2 atom stereocenters. The molecule has 0 aromatic heterocycles. The molecule has 10 heteroatoms. The molecule has 0 N–H and O–H groups in total. The first-order valence-corrected chi connectivity index (χ1v) is 36.8. The number of nitrogens with zero attached hydrogens (tertiary/aromatic N) is 1. The predicted octanol–water partition coefficient (Wildman–Crippen LogP) is 22.2. The Morgan fingerprint density at radius 2 is 0.695 bits per heavy atom. The fourth-order valence-electron chi connectivity index (χ4n) is 10.5. The Balaban J connectivity index is 3.97. The van der Waals surface area contributed by atoms with Crippen LogP contribution in [0.15, 0.2) is 48.6 Å². The molecule has 0 saturated heterocycles. The normalized spacial score (nSPS) is 13.4. The van der Waals surface area contributed by atoms with Gasteiger partial charge in [-0.1, -0.05) is 332 Å². The molecule has 0 rings (SSSR count). The van der Waals surface area contributed by atoms with Crippen molar-refractivity contribution in [3.05, 3.63) is 48.6 Å². The summed E-state index contributed by atoms with van der Waals surface area (Å²) in [6, 6.07) is 0. The maximum absolute atomic E-state index is 12.9. The maximum Gasteiger partial charge on any atom is 0.306 e. The monoisotopic (exact) mass is 1170 g/mol. The van der Waals surface area contributed by atoms with Gasteiger partial charge in [-0.15, -0.1) is 0 Å². The van der Waals surface area contributed by atoms with Gasteiger partial charge >= 0.3 is 11.9 Å². The van der Waals surface area contributed by atoms with Gasteiger partial charge in [0, 0.05) is 12.8 Å². The Kier molecular flexibility index (Phi) is 61.9. The third-order valence-electron chi connectivity index (χ3n) is 15.9. The number of likely N-dealkylation sites (N-methyl/N-ethyl adjacent to an activating group) is 1. The second-order valence-electron chi connectivity index (χ2n) is 25.2. The van der Waals surface area contributed by atoms with Crippen LogP contribution in [0.2, 0.25) is 0 Å². The van der Waals surface area contributed by atoms with Crippen molar-refractivity contribution in [2.45, 2.75) is 354 Å². The van der Waals surface area contributed by atoms with Gasteiger partial charge in [0.05, 0.1) is 27.7 Å². The Morgan fingerprint density at radius 1 is 0.390 bits per heavy atom. The molecule has 0 heterocycles. The highest BCUT2D eigenvalue weighted by molar-refractivity contribution is 7.45. The zero-order valence-corrected chi connectivity index (χ0v) is 55.8. The lowest BCUT2D eigenvalue weighted by atomic mass is 10.0. The van der Waals surface area contributed by atoms with E-state index in [2.05, 4.69) is 62.5 Å². The topological polar surface area (TPSA) is 111 Å². The SMILES string of the molecule is CC/C=C\C/C=C\C/C=C\C/C=C\CCCCCCCCCCCCCCC(=O)OC(COC(=O)CCCCCCCCCCCCCCCCCCCCCCCCCCCCCCCCCCC)COP(=O)([O-])OCC[N+](C)(C)C. The van der Waals surface area contributed by atoms with Crippen molar-refractivity contribution in [2.24, 2.45) is 0 Å². The Bertz CT molecular complexity index is 1520. The Hall–Kier alpha value is -2.03. The summed E-state index contributed by atoms with van der Waals surface area (Å²) in [5, 5.41) is 0. The standard InChI is InChI=1S/C72H136NO8P/c1-6-8-10-12-14-16-18-20-22-24-26-28-30-32-33-34-35-36-37-38-39-41-42-44-46-48-50-52-54-56-58-60-62-64-71(74)78-68-70(69-80-82(76,77)79-67-66-73(3,4)5)81-72(75)65-63-61-59-57-55-53-51-49-47-45-43-40-31-29-27-25-23-21-19-17-15-13-11-9-7-2/h9,11,15,17,21,23,27,29,70H,6-8,10,12-14,16,18-20,22,24-26,28,30-69H2,1-5H3/b11-9-,17-15-,23-21-,29-27-. The molecule has 0 radical (unpaired) electrons. The lowest BCUT2D eigenvalue weighted by Gasteiger charge is -2.28. The van der Waals surface area contributed by atoms with E-state index < -0.39 is 26.5 Å². The summed E-state index contributed by atoms with van der Waals surface area (Å²) in [5.74, 6) is -0.819. The summed E-state index contributed by atoms with van der Waals surface area (Å²) < 4.78 is 34.3. The number of hydrogen-bond acceptors (Lipinski definition) is 8. The molecule has 0 aliphatic rings. The highest BCUT2D eigenvalue weighted by Crippen LogP contribution is 2.38. The van der Waals surface area contributed by atoms with Gasteiger partial charge < -0.3 is 27.9 Å². The number of unbranched alkanes of at least 4 members (excludes halogenated alkanes) is 44. The molecule has 482 valence electrons. The lowest BCUT2D eigenvalue weighted by molar-refractivity contribution is -0.870. The summed E-state index contributed by atoms with van der Waals surface area (Å²) in [5.41, 5.74) is 0. The van der Waals surface area contributed by atoms with Crippen LogP contribution in [0, 0.1) is 0 Å². The van der Waals surface area contributed by atoms with Crippen molar-refractivity contribution in [3.63, 3.8) is 0 Å². The van der Waals surface area contributed by atoms with E-state index in [0.29, 0.717) is 17.4 Å². The smallest absolute Gasteiger partial charge is 0.306 e. The van der Waals surface area contributed by atoms with Gasteiger partial charge in [-0.2, -0.15) is 0 Å². The summed E-state index contributed by atoms with van der Waals surface area (Å²) in [7, 11) is 1.18. The average molecular weight is 1170 g/mol. The van der Waals surface area contributed by atoms with Crippen LogP contribution >= 0.6 is 7.82 Å². The molecule has 0 fully saturated rings. The second-order valence-corrected chi connectivity index (χ2v) is 26.6. The average Bonchev–Trinajstić information content (AvgIpc) is 3.46. The van der Waals surface area contributed by atoms with Gasteiger partial charge in [0.2, 0.25) is 0 Å². The summed E-state index contributed by atoms with van der Waals surface area (Å²) >= 11 is 0. The van der Waals surface area contributed by atoms with Gasteiger partial charge in [0.25, 0.3) is 7.82 Å². The first kappa shape index (κ1) is 80.0. The molecule has 0 aliphatic heterocycles. The van der Waals surface area contributed by atoms with Crippen molar-refractivity contribution >= 4 is 19.8 Å². The van der Waals surface area contributed by atoms with Crippen LogP contribution in [-0.4, -0.2) is 70.0 Å². The minimum absolute atomic E-state index is 0.0301. The van der Waals surface area contributed by atoms with Crippen LogP contribution in [0.4, 0.5) is 0 Å². The van der Waals surface area contributed by atoms with Crippen LogP contribution in [0.25, 0.3) is 0 Å². The summed E-state index contributed by atoms with van der Waals surface area (Å²) in [6.45, 7) is 4.19. The number of hydrogen-bond donors (Lipinski definition) is 0. The van der Waals surface area contributed by atoms with Crippen molar-refractivity contribution < 1.29 is 42.1 Å². The molecule has 9 nitrogen and oxygen atoms in total. The number of allylic oxidation sites excluding steroid dienone is 8. The molecular formula is C72H136NO8P. The van der Waals surface area contributed by atoms with Gasteiger partial charge in [0.1, 0.15) is 19.8 Å². The highest BCUT2D eigenvalue weighted by atomic mass is 31.2. The van der Waals surface area contributed by atoms with E-state index in [1.54, 1.807) is 0 Å². The summed E-state index contributed by atoms with van der Waals surface area (Å²) in [6.07, 6.45) is 82.0. The van der Waals surface area contributed by atoms with Crippen molar-refractivity contribution in [1.29, 1.82) is 0 Å². The third-order valence-corrected chi connectivity index (χ3v) is 16.8. The van der Waals surface area contributed by atoms with Crippen LogP contribution in [0.5, 0.6) is 0 Å². The largest absolute Gasteiger partial charge is 0.756 e. The molecule has 0 saturated carbocycles. The number of phosphoric ester groups is 1. The van der Waals surface area contributed by atoms with Crippen LogP contribution < -0.4 is 4.89 Å². The third kappa shape index (κ3) is 67.1. The molecule has 0 amide bonds. The van der Waals surface area contributed by atoms with Crippen molar-refractivity contribution in [2.75, 3.05) is 47.5 Å². The van der Waals surface area contributed by atoms with E-state index in [9.17, 15) is 19.0 Å². The zero-order valence-electron chi connectivity index (χ0n) is 55.0. The molecule has 0 aliphatic carbocycles. The van der Waals surface area contributed by atoms with E-state index in [1.807, 2.05) is 21.1 Å². The molecule has 0 spiro atoms. The molecule has 0 bridgehead atoms. The first-order valence-electron chi connectivity index (χ1n) is 35.3. The number of carbonyl (C=O) groups excluding carboxylic acids is 2. The highest BCUT2D eigenvalue weighted by Gasteiger charge is 2.22. The molecule has 2 unspecified atom stereocenters. The van der Waals surface area contributed by atoms with Crippen LogP contribution in [0.1, 0.15) is 348 Å². The fraction of sp³-hybridized carbons (Fsp3) is 0.861. The van der Waals surface area contributed by atoms with Crippen LogP contribution in [0.3, 0.4) is 0 Å². The number of quaternary nitrogens is 1. The second kappa shape index (κ2) is 63.5. The molecular weight excluding hydrogens is 1040 g/mol. The number of ether oxygens (including phenoxy) is 2. The minimum Gasteiger partial charge on any atom is -0.756 e. The van der Waals surface area contributed by atoms with Crippen LogP contribution in [-0.2, 0) is 32.7 Å². The van der Waals surface area contributed by atoms with E-state index in [0.717, 1.165) is 64.2 Å². The summed E-state index contributed by atoms with van der Waals surface area (Å²) in [4.78, 5) is 38.1. The van der Waals surface area contributed by atoms with Crippen molar-refractivity contribution in [1.82, 2.24) is 0 Å². The maximum atomic E-state index is 12.9. The fourth-order valence-corrected chi connectivity index (χ4v) is 11.2. The van der Waals surface area contributed by atoms with Gasteiger partial charge in [0.15, 0.2) is 6.10 Å². The van der Waals surface area contributed by atoms with Gasteiger partial charge in [-0.25, -0.2) is 0 Å². The van der Waals surface area contributed by atoms with E-state index >= 15 is 0 Å². The number of phosphoric acid groups is 1. The first-order chi connectivity index (χ1) is 40.0. The van der Waals surface area contributed by atoms with Gasteiger partial charge in [-0.3, -0.25) is 14.2 Å². The molecule has 0 aromatic carbocycles. The Labute approximate surface area is 509 Å². The van der Waals surface area contributed by atoms with Gasteiger partial charge in [-0.05, 0) is 51.4 Å². The van der Waals surface area contributed by atoms with Crippen molar-refractivity contribution in [3.8, 4) is 0 Å². The molecule has 82 heavy (non-hydrogen) atoms. The number of rotatable bonds is 66. The zero-order chi connectivity index (χ0) is 59.8. The predicted molar refractivity (Wildman–Crippen MR) is 351 cm³/mol. The quantitative estimate of drug-likeness (QED) is 0.0195. The van der Waals surface area contributed by atoms with E-state index in [1.165, 1.54) is 250 Å². The minimum atomic E-state index is -4.64. The molecule has 0 aromatic rings. The van der Waals surface area contributed by atoms with E-state index in [4.69, 9.17) is 18.5 Å².